The Balaban J connectivity index is 1.98. The highest BCUT2D eigenvalue weighted by atomic mass is 16.7. The molecule has 5 heteroatoms. The molecule has 0 N–H and O–H groups in total. The van der Waals surface area contributed by atoms with Crippen LogP contribution in [0.2, 0.25) is 0 Å². The SMILES string of the molecule is CON(C)C(=O)[C@H]1CCC(=O)N(Cc2ccccc2)[C@H]1c1ccccc1. The van der Waals surface area contributed by atoms with Crippen LogP contribution in [0.15, 0.2) is 60.7 Å². The summed E-state index contributed by atoms with van der Waals surface area (Å²) in [6.07, 6.45) is 0.889. The number of likely N-dealkylation sites (tertiary alicyclic amines) is 1. The number of nitrogens with zero attached hydrogens (tertiary/aromatic N) is 2. The van der Waals surface area contributed by atoms with Gasteiger partial charge in [-0.2, -0.15) is 0 Å². The molecule has 1 aliphatic rings. The Kier molecular flexibility index (Phi) is 5.68. The summed E-state index contributed by atoms with van der Waals surface area (Å²) in [5.74, 6) is -0.359. The van der Waals surface area contributed by atoms with Gasteiger partial charge in [0.2, 0.25) is 5.91 Å². The van der Waals surface area contributed by atoms with E-state index in [1.165, 1.54) is 12.2 Å². The first-order valence-electron chi connectivity index (χ1n) is 8.82. The second-order valence-corrected chi connectivity index (χ2v) is 6.53. The number of rotatable bonds is 5. The van der Waals surface area contributed by atoms with Crippen molar-refractivity contribution < 1.29 is 14.4 Å². The van der Waals surface area contributed by atoms with Crippen molar-refractivity contribution in [3.05, 3.63) is 71.8 Å². The number of carbonyl (C=O) groups is 2. The van der Waals surface area contributed by atoms with Crippen LogP contribution in [-0.4, -0.2) is 35.9 Å². The van der Waals surface area contributed by atoms with Crippen LogP contribution in [0.5, 0.6) is 0 Å². The van der Waals surface area contributed by atoms with E-state index < -0.39 is 0 Å². The van der Waals surface area contributed by atoms with Gasteiger partial charge in [0.1, 0.15) is 0 Å². The van der Waals surface area contributed by atoms with E-state index in [2.05, 4.69) is 0 Å². The van der Waals surface area contributed by atoms with E-state index in [1.54, 1.807) is 7.05 Å². The Morgan fingerprint density at radius 1 is 1.12 bits per heavy atom. The molecule has 2 aromatic carbocycles. The molecule has 1 saturated heterocycles. The predicted molar refractivity (Wildman–Crippen MR) is 98.7 cm³/mol. The minimum Gasteiger partial charge on any atom is -0.331 e. The molecule has 1 aliphatic heterocycles. The number of amides is 2. The van der Waals surface area contributed by atoms with Gasteiger partial charge in [0.15, 0.2) is 0 Å². The lowest BCUT2D eigenvalue weighted by molar-refractivity contribution is -0.178. The zero-order chi connectivity index (χ0) is 18.5. The van der Waals surface area contributed by atoms with Crippen LogP contribution in [0.3, 0.4) is 0 Å². The first-order chi connectivity index (χ1) is 12.6. The summed E-state index contributed by atoms with van der Waals surface area (Å²) >= 11 is 0. The average Bonchev–Trinajstić information content (AvgIpc) is 2.69. The van der Waals surface area contributed by atoms with E-state index in [0.717, 1.165) is 11.1 Å². The molecule has 1 heterocycles. The van der Waals surface area contributed by atoms with Crippen LogP contribution in [0.25, 0.3) is 0 Å². The van der Waals surface area contributed by atoms with Crippen molar-refractivity contribution in [1.82, 2.24) is 9.96 Å². The third-order valence-electron chi connectivity index (χ3n) is 4.94. The van der Waals surface area contributed by atoms with Crippen LogP contribution in [0, 0.1) is 5.92 Å². The number of hydrogen-bond acceptors (Lipinski definition) is 3. The standard InChI is InChI=1S/C21H24N2O3/c1-22(26-2)21(25)18-13-14-19(24)23(15-16-9-5-3-6-10-16)20(18)17-11-7-4-8-12-17/h3-12,18,20H,13-15H2,1-2H3/t18-,20-/m0/s1. The van der Waals surface area contributed by atoms with Gasteiger partial charge in [0.05, 0.1) is 19.1 Å². The fourth-order valence-electron chi connectivity index (χ4n) is 3.56. The molecule has 0 saturated carbocycles. The molecule has 0 aliphatic carbocycles. The van der Waals surface area contributed by atoms with Gasteiger partial charge in [-0.1, -0.05) is 60.7 Å². The van der Waals surface area contributed by atoms with E-state index in [1.807, 2.05) is 65.6 Å². The predicted octanol–water partition coefficient (Wildman–Crippen LogP) is 3.19. The minimum absolute atomic E-state index is 0.0758. The maximum absolute atomic E-state index is 12.9. The summed E-state index contributed by atoms with van der Waals surface area (Å²) in [6.45, 7) is 0.486. The van der Waals surface area contributed by atoms with E-state index in [-0.39, 0.29) is 23.8 Å². The van der Waals surface area contributed by atoms with Gasteiger partial charge in [-0.25, -0.2) is 5.06 Å². The fourth-order valence-corrected chi connectivity index (χ4v) is 3.56. The van der Waals surface area contributed by atoms with Crippen LogP contribution in [-0.2, 0) is 21.0 Å². The summed E-state index contributed by atoms with van der Waals surface area (Å²) in [7, 11) is 3.09. The molecule has 0 bridgehead atoms. The molecule has 26 heavy (non-hydrogen) atoms. The quantitative estimate of drug-likeness (QED) is 0.777. The van der Waals surface area contributed by atoms with Crippen molar-refractivity contribution in [2.45, 2.75) is 25.4 Å². The first kappa shape index (κ1) is 18.1. The van der Waals surface area contributed by atoms with Crippen molar-refractivity contribution in [3.63, 3.8) is 0 Å². The third-order valence-corrected chi connectivity index (χ3v) is 4.94. The Morgan fingerprint density at radius 2 is 1.73 bits per heavy atom. The third kappa shape index (κ3) is 3.78. The molecular weight excluding hydrogens is 328 g/mol. The van der Waals surface area contributed by atoms with Crippen molar-refractivity contribution in [2.24, 2.45) is 5.92 Å². The molecule has 1 fully saturated rings. The van der Waals surface area contributed by atoms with Gasteiger partial charge in [-0.3, -0.25) is 14.4 Å². The van der Waals surface area contributed by atoms with E-state index >= 15 is 0 Å². The summed E-state index contributed by atoms with van der Waals surface area (Å²) < 4.78 is 0. The number of hydroxylamine groups is 2. The average molecular weight is 352 g/mol. The molecule has 136 valence electrons. The lowest BCUT2D eigenvalue weighted by Crippen LogP contribution is -2.47. The second-order valence-electron chi connectivity index (χ2n) is 6.53. The van der Waals surface area contributed by atoms with Gasteiger partial charge >= 0.3 is 0 Å². The Bertz CT molecular complexity index is 748. The summed E-state index contributed by atoms with van der Waals surface area (Å²) in [5, 5.41) is 1.26. The van der Waals surface area contributed by atoms with Crippen LogP contribution >= 0.6 is 0 Å². The van der Waals surface area contributed by atoms with Crippen molar-refractivity contribution in [1.29, 1.82) is 0 Å². The highest BCUT2D eigenvalue weighted by Crippen LogP contribution is 2.38. The van der Waals surface area contributed by atoms with Gasteiger partial charge in [0, 0.05) is 20.0 Å². The summed E-state index contributed by atoms with van der Waals surface area (Å²) in [6, 6.07) is 19.4. The van der Waals surface area contributed by atoms with E-state index in [0.29, 0.717) is 19.4 Å². The normalized spacial score (nSPS) is 20.1. The van der Waals surface area contributed by atoms with Crippen LogP contribution in [0.4, 0.5) is 0 Å². The number of piperidine rings is 1. The highest BCUT2D eigenvalue weighted by molar-refractivity contribution is 5.84. The number of benzene rings is 2. The molecule has 3 rings (SSSR count). The molecule has 5 nitrogen and oxygen atoms in total. The fraction of sp³-hybridized carbons (Fsp3) is 0.333. The first-order valence-corrected chi connectivity index (χ1v) is 8.82. The molecule has 2 amide bonds. The lowest BCUT2D eigenvalue weighted by Gasteiger charge is -2.41. The topological polar surface area (TPSA) is 49.9 Å². The summed E-state index contributed by atoms with van der Waals surface area (Å²) in [4.78, 5) is 32.6. The van der Waals surface area contributed by atoms with Gasteiger partial charge in [-0.05, 0) is 17.5 Å². The summed E-state index contributed by atoms with van der Waals surface area (Å²) in [5.41, 5.74) is 2.02. The Hall–Kier alpha value is -2.66. The van der Waals surface area contributed by atoms with Gasteiger partial charge in [-0.15, -0.1) is 0 Å². The van der Waals surface area contributed by atoms with Crippen LogP contribution in [0.1, 0.15) is 30.0 Å². The molecule has 0 radical (unpaired) electrons. The zero-order valence-electron chi connectivity index (χ0n) is 15.2. The van der Waals surface area contributed by atoms with Gasteiger partial charge < -0.3 is 4.90 Å². The van der Waals surface area contributed by atoms with Crippen molar-refractivity contribution in [3.8, 4) is 0 Å². The molecule has 0 spiro atoms. The molecular formula is C21H24N2O3. The highest BCUT2D eigenvalue weighted by Gasteiger charge is 2.41. The van der Waals surface area contributed by atoms with Crippen molar-refractivity contribution in [2.75, 3.05) is 14.2 Å². The zero-order valence-corrected chi connectivity index (χ0v) is 15.2. The van der Waals surface area contributed by atoms with Gasteiger partial charge in [0.25, 0.3) is 5.91 Å². The smallest absolute Gasteiger partial charge is 0.251 e. The lowest BCUT2D eigenvalue weighted by atomic mass is 9.83. The Morgan fingerprint density at radius 3 is 2.35 bits per heavy atom. The minimum atomic E-state index is -0.330. The van der Waals surface area contributed by atoms with E-state index in [4.69, 9.17) is 4.84 Å². The second kappa shape index (κ2) is 8.15. The Labute approximate surface area is 154 Å². The largest absolute Gasteiger partial charge is 0.331 e. The molecule has 0 aromatic heterocycles. The molecule has 2 aromatic rings. The molecule has 2 atom stereocenters. The number of carbonyl (C=O) groups excluding carboxylic acids is 2. The number of hydrogen-bond donors (Lipinski definition) is 0. The monoisotopic (exact) mass is 352 g/mol. The van der Waals surface area contributed by atoms with Crippen molar-refractivity contribution >= 4 is 11.8 Å². The van der Waals surface area contributed by atoms with E-state index in [9.17, 15) is 9.59 Å². The maximum Gasteiger partial charge on any atom is 0.251 e. The maximum atomic E-state index is 12.9. The molecule has 0 unspecified atom stereocenters. The van der Waals surface area contributed by atoms with Crippen LogP contribution < -0.4 is 0 Å².